The summed E-state index contributed by atoms with van der Waals surface area (Å²) in [4.78, 5) is 27.2. The molecule has 0 unspecified atom stereocenters. The number of carbonyl (C=O) groups is 2. The van der Waals surface area contributed by atoms with Gasteiger partial charge < -0.3 is 10.2 Å². The molecule has 2 atom stereocenters. The molecule has 0 saturated carbocycles. The fraction of sp³-hybridized carbons (Fsp3) is 0.556. The van der Waals surface area contributed by atoms with Gasteiger partial charge in [-0.15, -0.1) is 0 Å². The quantitative estimate of drug-likeness (QED) is 0.867. The van der Waals surface area contributed by atoms with Crippen LogP contribution in [0.4, 0.5) is 0 Å². The molecule has 0 spiro atoms. The van der Waals surface area contributed by atoms with Crippen molar-refractivity contribution in [1.82, 2.24) is 29.8 Å². The molecule has 8 heteroatoms. The first-order valence-corrected chi connectivity index (χ1v) is 8.96. The van der Waals surface area contributed by atoms with Crippen LogP contribution in [0.5, 0.6) is 0 Å². The smallest absolute Gasteiger partial charge is 0.225 e. The molecule has 2 aromatic rings. The van der Waals surface area contributed by atoms with Crippen LogP contribution < -0.4 is 5.32 Å². The Hall–Kier alpha value is -2.64. The van der Waals surface area contributed by atoms with Crippen LogP contribution in [0.2, 0.25) is 0 Å². The summed E-state index contributed by atoms with van der Waals surface area (Å²) in [6, 6.07) is 1.60. The van der Waals surface area contributed by atoms with Gasteiger partial charge in [0.2, 0.25) is 11.8 Å². The Bertz CT molecular complexity index is 808. The normalized spacial score (nSPS) is 20.5. The fourth-order valence-corrected chi connectivity index (χ4v) is 3.78. The maximum Gasteiger partial charge on any atom is 0.225 e. The number of hydrogen-bond donors (Lipinski definition) is 1. The molecular weight excluding hydrogens is 332 g/mol. The van der Waals surface area contributed by atoms with E-state index in [0.29, 0.717) is 25.9 Å². The van der Waals surface area contributed by atoms with Crippen molar-refractivity contribution in [2.45, 2.75) is 39.3 Å². The first-order valence-electron chi connectivity index (χ1n) is 8.96. The van der Waals surface area contributed by atoms with Gasteiger partial charge in [0, 0.05) is 51.6 Å². The number of piperidine rings is 1. The van der Waals surface area contributed by atoms with Gasteiger partial charge in [0.05, 0.1) is 23.3 Å². The molecule has 2 aromatic heterocycles. The fourth-order valence-electron chi connectivity index (χ4n) is 3.78. The van der Waals surface area contributed by atoms with Gasteiger partial charge >= 0.3 is 0 Å². The molecule has 1 N–H and O–H groups in total. The Morgan fingerprint density at radius 1 is 1.38 bits per heavy atom. The average Bonchev–Trinajstić information content (AvgIpc) is 3.16. The average molecular weight is 358 g/mol. The molecule has 8 nitrogen and oxygen atoms in total. The zero-order chi connectivity index (χ0) is 18.8. The molecule has 1 saturated heterocycles. The molecule has 0 aliphatic carbocycles. The highest BCUT2D eigenvalue weighted by Crippen LogP contribution is 2.36. The standard InChI is InChI=1S/C18H26N6O2/c1-5-24-16(25)7-6-14(17(24)15-8-9-20-23(15)4)18(26)19-10-13-11-22(3)21-12(13)2/h8-9,11,14,17H,5-7,10H2,1-4H3,(H,19,26)/t14-,17-/m0/s1. The number of aryl methyl sites for hydroxylation is 3. The molecule has 0 radical (unpaired) electrons. The number of rotatable bonds is 5. The highest BCUT2D eigenvalue weighted by atomic mass is 16.2. The van der Waals surface area contributed by atoms with Crippen molar-refractivity contribution in [2.24, 2.45) is 20.0 Å². The Kier molecular flexibility index (Phi) is 5.11. The van der Waals surface area contributed by atoms with Crippen LogP contribution in [-0.2, 0) is 30.2 Å². The van der Waals surface area contributed by atoms with E-state index in [-0.39, 0.29) is 23.8 Å². The zero-order valence-corrected chi connectivity index (χ0v) is 15.8. The number of carbonyl (C=O) groups excluding carboxylic acids is 2. The van der Waals surface area contributed by atoms with E-state index in [1.807, 2.05) is 40.2 Å². The molecule has 1 fully saturated rings. The van der Waals surface area contributed by atoms with Crippen molar-refractivity contribution in [2.75, 3.05) is 6.54 Å². The lowest BCUT2D eigenvalue weighted by Crippen LogP contribution is -2.48. The van der Waals surface area contributed by atoms with Crippen molar-refractivity contribution in [1.29, 1.82) is 0 Å². The van der Waals surface area contributed by atoms with Crippen molar-refractivity contribution >= 4 is 11.8 Å². The van der Waals surface area contributed by atoms with E-state index in [1.165, 1.54) is 0 Å². The molecule has 26 heavy (non-hydrogen) atoms. The minimum Gasteiger partial charge on any atom is -0.352 e. The third kappa shape index (κ3) is 3.36. The van der Waals surface area contributed by atoms with Crippen molar-refractivity contribution in [3.8, 4) is 0 Å². The largest absolute Gasteiger partial charge is 0.352 e. The van der Waals surface area contributed by atoms with Crippen LogP contribution in [0.25, 0.3) is 0 Å². The van der Waals surface area contributed by atoms with E-state index in [1.54, 1.807) is 20.5 Å². The predicted octanol–water partition coefficient (Wildman–Crippen LogP) is 1.08. The molecule has 1 aliphatic rings. The second-order valence-corrected chi connectivity index (χ2v) is 6.78. The van der Waals surface area contributed by atoms with E-state index in [2.05, 4.69) is 15.5 Å². The monoisotopic (exact) mass is 358 g/mol. The molecule has 3 heterocycles. The summed E-state index contributed by atoms with van der Waals surface area (Å²) >= 11 is 0. The Morgan fingerprint density at radius 3 is 2.73 bits per heavy atom. The van der Waals surface area contributed by atoms with Gasteiger partial charge in [-0.1, -0.05) is 0 Å². The Labute approximate surface area is 153 Å². The molecule has 0 bridgehead atoms. The summed E-state index contributed by atoms with van der Waals surface area (Å²) in [6.07, 6.45) is 4.56. The first kappa shape index (κ1) is 18.2. The number of amides is 2. The summed E-state index contributed by atoms with van der Waals surface area (Å²) < 4.78 is 3.49. The lowest BCUT2D eigenvalue weighted by atomic mass is 9.85. The van der Waals surface area contributed by atoms with Crippen LogP contribution in [0, 0.1) is 12.8 Å². The van der Waals surface area contributed by atoms with E-state index in [4.69, 9.17) is 0 Å². The van der Waals surface area contributed by atoms with Crippen molar-refractivity contribution < 1.29 is 9.59 Å². The van der Waals surface area contributed by atoms with E-state index < -0.39 is 0 Å². The van der Waals surface area contributed by atoms with Gasteiger partial charge in [-0.2, -0.15) is 10.2 Å². The molecular formula is C18H26N6O2. The van der Waals surface area contributed by atoms with Crippen LogP contribution >= 0.6 is 0 Å². The summed E-state index contributed by atoms with van der Waals surface area (Å²) in [5.41, 5.74) is 2.79. The summed E-state index contributed by atoms with van der Waals surface area (Å²) in [7, 11) is 3.71. The van der Waals surface area contributed by atoms with Gasteiger partial charge in [0.1, 0.15) is 0 Å². The second-order valence-electron chi connectivity index (χ2n) is 6.78. The Morgan fingerprint density at radius 2 is 2.15 bits per heavy atom. The molecule has 3 rings (SSSR count). The Balaban J connectivity index is 1.81. The van der Waals surface area contributed by atoms with Crippen LogP contribution in [0.1, 0.15) is 42.8 Å². The van der Waals surface area contributed by atoms with Gasteiger partial charge in [0.25, 0.3) is 0 Å². The van der Waals surface area contributed by atoms with Gasteiger partial charge in [0.15, 0.2) is 0 Å². The number of aromatic nitrogens is 4. The third-order valence-electron chi connectivity index (χ3n) is 5.11. The lowest BCUT2D eigenvalue weighted by Gasteiger charge is -2.40. The van der Waals surface area contributed by atoms with Crippen molar-refractivity contribution in [3.05, 3.63) is 35.4 Å². The first-order chi connectivity index (χ1) is 12.4. The zero-order valence-electron chi connectivity index (χ0n) is 15.8. The molecule has 2 amide bonds. The van der Waals surface area contributed by atoms with Crippen LogP contribution in [0.15, 0.2) is 18.5 Å². The number of likely N-dealkylation sites (tertiary alicyclic amines) is 1. The van der Waals surface area contributed by atoms with E-state index in [9.17, 15) is 9.59 Å². The van der Waals surface area contributed by atoms with E-state index in [0.717, 1.165) is 17.0 Å². The van der Waals surface area contributed by atoms with Gasteiger partial charge in [-0.25, -0.2) is 0 Å². The summed E-state index contributed by atoms with van der Waals surface area (Å²) in [6.45, 7) is 4.88. The van der Waals surface area contributed by atoms with Crippen molar-refractivity contribution in [3.63, 3.8) is 0 Å². The molecule has 0 aromatic carbocycles. The predicted molar refractivity (Wildman–Crippen MR) is 95.9 cm³/mol. The maximum absolute atomic E-state index is 13.0. The second kappa shape index (κ2) is 7.31. The highest BCUT2D eigenvalue weighted by Gasteiger charge is 2.41. The number of nitrogens with zero attached hydrogens (tertiary/aromatic N) is 5. The van der Waals surface area contributed by atoms with Gasteiger partial charge in [-0.3, -0.25) is 19.0 Å². The SMILES string of the molecule is CCN1C(=O)CC[C@H](C(=O)NCc2cn(C)nc2C)[C@H]1c1ccnn1C. The minimum atomic E-state index is -0.292. The summed E-state index contributed by atoms with van der Waals surface area (Å²) in [5.74, 6) is -0.240. The van der Waals surface area contributed by atoms with E-state index >= 15 is 0 Å². The highest BCUT2D eigenvalue weighted by molar-refractivity contribution is 5.84. The third-order valence-corrected chi connectivity index (χ3v) is 5.11. The molecule has 1 aliphatic heterocycles. The number of hydrogen-bond acceptors (Lipinski definition) is 4. The van der Waals surface area contributed by atoms with Gasteiger partial charge in [-0.05, 0) is 26.3 Å². The molecule has 140 valence electrons. The topological polar surface area (TPSA) is 85.1 Å². The van der Waals surface area contributed by atoms with Crippen LogP contribution in [0.3, 0.4) is 0 Å². The maximum atomic E-state index is 13.0. The number of nitrogens with one attached hydrogen (secondary N) is 1. The van der Waals surface area contributed by atoms with Crippen LogP contribution in [-0.4, -0.2) is 42.8 Å². The lowest BCUT2D eigenvalue weighted by molar-refractivity contribution is -0.143. The summed E-state index contributed by atoms with van der Waals surface area (Å²) in [5, 5.41) is 11.6. The minimum absolute atomic E-state index is 0.0367.